The monoisotopic (exact) mass is 359 g/mol. The molecule has 3 rings (SSSR count). The first kappa shape index (κ1) is 16.6. The number of amides is 1. The van der Waals surface area contributed by atoms with Crippen molar-refractivity contribution < 1.29 is 26.7 Å². The number of aromatic nitrogens is 2. The Morgan fingerprint density at radius 1 is 1.29 bits per heavy atom. The third-order valence-corrected chi connectivity index (χ3v) is 5.70. The van der Waals surface area contributed by atoms with Crippen molar-refractivity contribution in [2.75, 3.05) is 6.26 Å². The van der Waals surface area contributed by atoms with E-state index >= 15 is 0 Å². The quantitative estimate of drug-likeness (QED) is 0.840. The van der Waals surface area contributed by atoms with Gasteiger partial charge in [0, 0.05) is 22.6 Å². The highest BCUT2D eigenvalue weighted by Gasteiger charge is 2.38. The number of carbonyl (C=O) groups is 1. The van der Waals surface area contributed by atoms with Gasteiger partial charge in [0.05, 0.1) is 9.73 Å². The topological polar surface area (TPSA) is 85.4 Å². The fourth-order valence-corrected chi connectivity index (χ4v) is 3.61. The molecular weight excluding hydrogens is 347 g/mol. The van der Waals surface area contributed by atoms with Gasteiger partial charge in [0.25, 0.3) is 5.91 Å². The Labute approximate surface area is 135 Å². The number of halogens is 3. The zero-order valence-electron chi connectivity index (χ0n) is 12.4. The third kappa shape index (κ3) is 3.48. The fraction of sp³-hybridized carbons (Fsp3) is 0.357. The predicted octanol–water partition coefficient (Wildman–Crippen LogP) is 3.16. The van der Waals surface area contributed by atoms with Crippen LogP contribution in [0, 0.1) is 0 Å². The molecule has 0 N–H and O–H groups in total. The number of carbonyl (C=O) groups excluding carboxylic acids is 1. The maximum atomic E-state index is 12.4. The maximum Gasteiger partial charge on any atom is 0.471 e. The minimum atomic E-state index is -4.72. The second kappa shape index (κ2) is 5.69. The summed E-state index contributed by atoms with van der Waals surface area (Å²) in [6.07, 6.45) is -1.67. The first-order chi connectivity index (χ1) is 11.2. The summed E-state index contributed by atoms with van der Waals surface area (Å²) < 4.78 is 57.4. The molecule has 1 aliphatic carbocycles. The predicted molar refractivity (Wildman–Crippen MR) is 78.6 cm³/mol. The van der Waals surface area contributed by atoms with Crippen LogP contribution in [-0.4, -0.2) is 31.8 Å². The standard InChI is InChI=1S/C14H12F3N3O3S/c1-24(22,10-6-7-10)20-12(21)9-4-2-8(3-5-9)11-18-13(23-19-11)14(15,16)17/h2-5,10H,6-7H2,1H3. The number of alkyl halides is 3. The normalized spacial score (nSPS) is 17.3. The molecule has 128 valence electrons. The molecule has 0 aliphatic heterocycles. The molecule has 0 bridgehead atoms. The largest absolute Gasteiger partial charge is 0.471 e. The molecule has 2 aromatic rings. The molecule has 1 heterocycles. The Morgan fingerprint density at radius 3 is 2.42 bits per heavy atom. The van der Waals surface area contributed by atoms with Gasteiger partial charge in [-0.25, -0.2) is 4.21 Å². The summed E-state index contributed by atoms with van der Waals surface area (Å²) in [6.45, 7) is 0. The number of hydrogen-bond acceptors (Lipinski definition) is 5. The first-order valence-corrected chi connectivity index (χ1v) is 8.92. The van der Waals surface area contributed by atoms with Crippen molar-refractivity contribution in [1.29, 1.82) is 0 Å². The molecule has 1 atom stereocenters. The zero-order valence-corrected chi connectivity index (χ0v) is 13.2. The van der Waals surface area contributed by atoms with Gasteiger partial charge in [-0.2, -0.15) is 22.5 Å². The van der Waals surface area contributed by atoms with Crippen LogP contribution in [0.2, 0.25) is 0 Å². The highest BCUT2D eigenvalue weighted by molar-refractivity contribution is 7.94. The molecule has 24 heavy (non-hydrogen) atoms. The summed E-state index contributed by atoms with van der Waals surface area (Å²) in [7, 11) is -2.55. The molecule has 0 radical (unpaired) electrons. The Balaban J connectivity index is 1.82. The van der Waals surface area contributed by atoms with Crippen molar-refractivity contribution in [3.8, 4) is 11.4 Å². The van der Waals surface area contributed by atoms with E-state index in [-0.39, 0.29) is 22.2 Å². The summed E-state index contributed by atoms with van der Waals surface area (Å²) >= 11 is 0. The van der Waals surface area contributed by atoms with Gasteiger partial charge in [0.15, 0.2) is 0 Å². The van der Waals surface area contributed by atoms with Crippen molar-refractivity contribution in [3.05, 3.63) is 35.7 Å². The van der Waals surface area contributed by atoms with Crippen molar-refractivity contribution in [2.24, 2.45) is 4.36 Å². The molecule has 1 unspecified atom stereocenters. The van der Waals surface area contributed by atoms with E-state index in [0.29, 0.717) is 0 Å². The number of nitrogens with zero attached hydrogens (tertiary/aromatic N) is 3. The van der Waals surface area contributed by atoms with E-state index in [2.05, 4.69) is 19.0 Å². The second-order valence-corrected chi connectivity index (χ2v) is 8.03. The van der Waals surface area contributed by atoms with Crippen LogP contribution >= 0.6 is 0 Å². The fourth-order valence-electron chi connectivity index (χ4n) is 2.01. The van der Waals surface area contributed by atoms with Gasteiger partial charge in [-0.05, 0) is 25.0 Å². The van der Waals surface area contributed by atoms with Crippen molar-refractivity contribution in [3.63, 3.8) is 0 Å². The van der Waals surface area contributed by atoms with Crippen LogP contribution < -0.4 is 0 Å². The number of rotatable bonds is 3. The lowest BCUT2D eigenvalue weighted by Gasteiger charge is -2.01. The molecule has 1 fully saturated rings. The lowest BCUT2D eigenvalue weighted by molar-refractivity contribution is -0.159. The Hall–Kier alpha value is -2.23. The van der Waals surface area contributed by atoms with E-state index in [9.17, 15) is 22.2 Å². The highest BCUT2D eigenvalue weighted by atomic mass is 32.2. The van der Waals surface area contributed by atoms with Gasteiger partial charge in [0.1, 0.15) is 0 Å². The van der Waals surface area contributed by atoms with E-state index < -0.39 is 27.7 Å². The summed E-state index contributed by atoms with van der Waals surface area (Å²) in [5.41, 5.74) is 0.443. The molecule has 1 aromatic carbocycles. The van der Waals surface area contributed by atoms with Gasteiger partial charge >= 0.3 is 12.1 Å². The van der Waals surface area contributed by atoms with Gasteiger partial charge in [0.2, 0.25) is 5.82 Å². The van der Waals surface area contributed by atoms with E-state index in [4.69, 9.17) is 0 Å². The molecule has 1 amide bonds. The van der Waals surface area contributed by atoms with Gasteiger partial charge < -0.3 is 4.52 Å². The SMILES string of the molecule is CS(=O)(=NC(=O)c1ccc(-c2noc(C(F)(F)F)n2)cc1)C1CC1. The molecule has 0 spiro atoms. The van der Waals surface area contributed by atoms with Crippen molar-refractivity contribution in [1.82, 2.24) is 10.1 Å². The molecule has 10 heteroatoms. The smallest absolute Gasteiger partial charge is 0.329 e. The zero-order chi connectivity index (χ0) is 17.5. The van der Waals surface area contributed by atoms with Crippen LogP contribution in [0.1, 0.15) is 29.1 Å². The Kier molecular flexibility index (Phi) is 3.94. The van der Waals surface area contributed by atoms with Crippen molar-refractivity contribution in [2.45, 2.75) is 24.3 Å². The van der Waals surface area contributed by atoms with E-state index in [1.807, 2.05) is 0 Å². The van der Waals surface area contributed by atoms with Gasteiger partial charge in [-0.1, -0.05) is 17.3 Å². The van der Waals surface area contributed by atoms with Crippen LogP contribution in [0.4, 0.5) is 13.2 Å². The van der Waals surface area contributed by atoms with Crippen LogP contribution in [-0.2, 0) is 15.9 Å². The van der Waals surface area contributed by atoms with E-state index in [1.165, 1.54) is 30.5 Å². The van der Waals surface area contributed by atoms with Crippen LogP contribution in [0.15, 0.2) is 33.2 Å². The molecule has 6 nitrogen and oxygen atoms in total. The maximum absolute atomic E-state index is 12.4. The summed E-state index contributed by atoms with van der Waals surface area (Å²) in [5, 5.41) is 3.22. The number of hydrogen-bond donors (Lipinski definition) is 0. The average Bonchev–Trinajstić information content (AvgIpc) is 3.24. The lowest BCUT2D eigenvalue weighted by atomic mass is 10.1. The minimum Gasteiger partial charge on any atom is -0.329 e. The highest BCUT2D eigenvalue weighted by Crippen LogP contribution is 2.30. The lowest BCUT2D eigenvalue weighted by Crippen LogP contribution is -2.07. The van der Waals surface area contributed by atoms with Crippen LogP contribution in [0.3, 0.4) is 0 Å². The Morgan fingerprint density at radius 2 is 1.92 bits per heavy atom. The second-order valence-electron chi connectivity index (χ2n) is 5.46. The number of benzene rings is 1. The van der Waals surface area contributed by atoms with E-state index in [1.54, 1.807) is 0 Å². The average molecular weight is 359 g/mol. The van der Waals surface area contributed by atoms with Gasteiger partial charge in [-0.3, -0.25) is 4.79 Å². The minimum absolute atomic E-state index is 0.0409. The molecule has 1 aromatic heterocycles. The molecule has 0 saturated heterocycles. The molecular formula is C14H12F3N3O3S. The Bertz CT molecular complexity index is 892. The summed E-state index contributed by atoms with van der Waals surface area (Å²) in [4.78, 5) is 15.3. The van der Waals surface area contributed by atoms with E-state index in [0.717, 1.165) is 12.8 Å². The third-order valence-electron chi connectivity index (χ3n) is 3.47. The summed E-state index contributed by atoms with van der Waals surface area (Å²) in [5.74, 6) is -2.30. The molecule has 1 aliphatic rings. The van der Waals surface area contributed by atoms with Crippen LogP contribution in [0.25, 0.3) is 11.4 Å². The van der Waals surface area contributed by atoms with Crippen molar-refractivity contribution >= 4 is 15.6 Å². The van der Waals surface area contributed by atoms with Gasteiger partial charge in [-0.15, -0.1) is 0 Å². The molecule has 1 saturated carbocycles. The first-order valence-electron chi connectivity index (χ1n) is 6.93. The summed E-state index contributed by atoms with van der Waals surface area (Å²) in [6, 6.07) is 5.49. The van der Waals surface area contributed by atoms with Crippen LogP contribution in [0.5, 0.6) is 0 Å².